The Labute approximate surface area is 132 Å². The highest BCUT2D eigenvalue weighted by Crippen LogP contribution is 2.37. The fourth-order valence-electron chi connectivity index (χ4n) is 2.88. The second-order valence-electron chi connectivity index (χ2n) is 5.27. The summed E-state index contributed by atoms with van der Waals surface area (Å²) in [5.74, 6) is 0.723. The van der Waals surface area contributed by atoms with E-state index in [2.05, 4.69) is 15.3 Å². The summed E-state index contributed by atoms with van der Waals surface area (Å²) < 4.78 is 18.0. The van der Waals surface area contributed by atoms with Gasteiger partial charge in [-0.25, -0.2) is 9.98 Å². The van der Waals surface area contributed by atoms with Crippen LogP contribution in [0.15, 0.2) is 11.3 Å². The summed E-state index contributed by atoms with van der Waals surface area (Å²) in [6.45, 7) is 2.04. The molecule has 2 aliphatic rings. The van der Waals surface area contributed by atoms with Gasteiger partial charge in [0.2, 0.25) is 0 Å². The molecular weight excluding hydrogens is 306 g/mol. The molecule has 0 amide bonds. The Morgan fingerprint density at radius 1 is 1.52 bits per heavy atom. The predicted molar refractivity (Wildman–Crippen MR) is 79.6 cm³/mol. The van der Waals surface area contributed by atoms with Gasteiger partial charge in [0.15, 0.2) is 18.4 Å². The third kappa shape index (κ3) is 2.68. The monoisotopic (exact) mass is 327 g/mol. The zero-order valence-electron chi connectivity index (χ0n) is 12.9. The van der Waals surface area contributed by atoms with Crippen molar-refractivity contribution < 1.29 is 24.4 Å². The first-order chi connectivity index (χ1) is 11.1. The highest BCUT2D eigenvalue weighted by molar-refractivity contribution is 5.93. The van der Waals surface area contributed by atoms with Gasteiger partial charge in [0.05, 0.1) is 12.9 Å². The van der Waals surface area contributed by atoms with Crippen LogP contribution in [0.2, 0.25) is 0 Å². The molecule has 0 radical (unpaired) electrons. The molecule has 0 aliphatic carbocycles. The summed E-state index contributed by atoms with van der Waals surface area (Å²) in [6.07, 6.45) is -2.10. The van der Waals surface area contributed by atoms with Crippen molar-refractivity contribution in [2.24, 2.45) is 10.7 Å². The van der Waals surface area contributed by atoms with Crippen LogP contribution in [0, 0.1) is 0 Å². The van der Waals surface area contributed by atoms with Gasteiger partial charge in [-0.1, -0.05) is 0 Å². The number of fused-ring (bicyclic) bond motifs is 1. The minimum atomic E-state index is -0.970. The molecule has 1 unspecified atom stereocenters. The molecule has 0 saturated carbocycles. The van der Waals surface area contributed by atoms with E-state index in [0.29, 0.717) is 18.1 Å². The van der Waals surface area contributed by atoms with E-state index < -0.39 is 30.8 Å². The molecule has 10 heteroatoms. The number of aliphatic imine (C=N–C) groups is 1. The summed E-state index contributed by atoms with van der Waals surface area (Å²) in [4.78, 5) is 8.44. The number of aliphatic hydroxyl groups excluding tert-OH is 2. The van der Waals surface area contributed by atoms with Gasteiger partial charge >= 0.3 is 0 Å². The molecule has 0 spiro atoms. The zero-order chi connectivity index (χ0) is 16.6. The van der Waals surface area contributed by atoms with Crippen molar-refractivity contribution in [1.82, 2.24) is 9.55 Å². The van der Waals surface area contributed by atoms with Gasteiger partial charge in [0.25, 0.3) is 0 Å². The SMILES string of the molecule is CCOC1N=C(N)Nc2c1ncn2[C@@H]1O[C@H](CO)[C@@H](OC)[C@H]1O. The average Bonchev–Trinajstić information content (AvgIpc) is 3.08. The third-order valence-electron chi connectivity index (χ3n) is 3.92. The van der Waals surface area contributed by atoms with Gasteiger partial charge in [-0.2, -0.15) is 0 Å². The molecule has 1 fully saturated rings. The standard InChI is InChI=1S/C13H21N5O5/c1-3-22-11-7-10(16-13(14)17-11)18(5-15-7)12-8(20)9(21-2)6(4-19)23-12/h5-6,8-9,11-12,19-20H,3-4H2,1-2H3,(H3,14,16,17)/t6-,8-,9-,11?,12-/m1/s1. The van der Waals surface area contributed by atoms with Gasteiger partial charge in [0.1, 0.15) is 29.8 Å². The van der Waals surface area contributed by atoms with Gasteiger partial charge in [0, 0.05) is 13.7 Å². The number of hydrogen-bond acceptors (Lipinski definition) is 9. The van der Waals surface area contributed by atoms with Crippen molar-refractivity contribution in [3.63, 3.8) is 0 Å². The zero-order valence-corrected chi connectivity index (χ0v) is 12.9. The lowest BCUT2D eigenvalue weighted by atomic mass is 10.1. The van der Waals surface area contributed by atoms with Gasteiger partial charge in [-0.3, -0.25) is 4.57 Å². The van der Waals surface area contributed by atoms with Crippen LogP contribution < -0.4 is 11.1 Å². The van der Waals surface area contributed by atoms with E-state index in [9.17, 15) is 10.2 Å². The van der Waals surface area contributed by atoms with Gasteiger partial charge in [-0.15, -0.1) is 0 Å². The van der Waals surface area contributed by atoms with Crippen LogP contribution in [0.25, 0.3) is 0 Å². The Morgan fingerprint density at radius 3 is 2.91 bits per heavy atom. The summed E-state index contributed by atoms with van der Waals surface area (Å²) in [5, 5.41) is 22.7. The predicted octanol–water partition coefficient (Wildman–Crippen LogP) is -1.08. The van der Waals surface area contributed by atoms with Crippen LogP contribution in [-0.4, -0.2) is 64.4 Å². The van der Waals surface area contributed by atoms with Crippen LogP contribution in [0.1, 0.15) is 25.1 Å². The number of aromatic nitrogens is 2. The quantitative estimate of drug-likeness (QED) is 0.536. The fourth-order valence-corrected chi connectivity index (χ4v) is 2.88. The van der Waals surface area contributed by atoms with Crippen molar-refractivity contribution in [1.29, 1.82) is 0 Å². The molecule has 128 valence electrons. The van der Waals surface area contributed by atoms with Gasteiger partial charge < -0.3 is 35.5 Å². The number of hydrogen-bond donors (Lipinski definition) is 4. The molecule has 0 aromatic carbocycles. The number of nitrogens with one attached hydrogen (secondary N) is 1. The van der Waals surface area contributed by atoms with Gasteiger partial charge in [-0.05, 0) is 6.92 Å². The maximum Gasteiger partial charge on any atom is 0.198 e. The Morgan fingerprint density at radius 2 is 2.30 bits per heavy atom. The first kappa shape index (κ1) is 16.1. The summed E-state index contributed by atoms with van der Waals surface area (Å²) >= 11 is 0. The second kappa shape index (κ2) is 6.42. The van der Waals surface area contributed by atoms with E-state index in [1.165, 1.54) is 13.4 Å². The lowest BCUT2D eigenvalue weighted by Crippen LogP contribution is -2.35. The summed E-state index contributed by atoms with van der Waals surface area (Å²) in [7, 11) is 1.46. The number of guanidine groups is 1. The van der Waals surface area contributed by atoms with E-state index in [4.69, 9.17) is 19.9 Å². The van der Waals surface area contributed by atoms with E-state index in [0.717, 1.165) is 0 Å². The molecule has 5 N–H and O–H groups in total. The first-order valence-corrected chi connectivity index (χ1v) is 7.36. The Balaban J connectivity index is 1.92. The maximum absolute atomic E-state index is 10.4. The summed E-state index contributed by atoms with van der Waals surface area (Å²) in [6, 6.07) is 0. The van der Waals surface area contributed by atoms with Crippen molar-refractivity contribution in [2.45, 2.75) is 37.7 Å². The van der Waals surface area contributed by atoms with Crippen LogP contribution in [0.3, 0.4) is 0 Å². The van der Waals surface area contributed by atoms with Crippen LogP contribution in [0.4, 0.5) is 5.82 Å². The number of nitrogens with two attached hydrogens (primary N) is 1. The average molecular weight is 327 g/mol. The minimum Gasteiger partial charge on any atom is -0.394 e. The lowest BCUT2D eigenvalue weighted by molar-refractivity contribution is -0.0542. The molecule has 3 rings (SSSR count). The highest BCUT2D eigenvalue weighted by atomic mass is 16.6. The smallest absolute Gasteiger partial charge is 0.198 e. The Bertz CT molecular complexity index is 591. The molecule has 10 nitrogen and oxygen atoms in total. The molecule has 1 aromatic heterocycles. The fraction of sp³-hybridized carbons (Fsp3) is 0.692. The normalized spacial score (nSPS) is 33.2. The number of imidazole rings is 1. The number of anilines is 1. The summed E-state index contributed by atoms with van der Waals surface area (Å²) in [5.41, 5.74) is 6.34. The van der Waals surface area contributed by atoms with Crippen molar-refractivity contribution >= 4 is 11.8 Å². The van der Waals surface area contributed by atoms with Crippen molar-refractivity contribution in [2.75, 3.05) is 25.6 Å². The number of rotatable bonds is 5. The minimum absolute atomic E-state index is 0.187. The largest absolute Gasteiger partial charge is 0.394 e. The molecule has 3 heterocycles. The van der Waals surface area contributed by atoms with Crippen molar-refractivity contribution in [3.8, 4) is 0 Å². The van der Waals surface area contributed by atoms with Crippen molar-refractivity contribution in [3.05, 3.63) is 12.0 Å². The van der Waals surface area contributed by atoms with Crippen LogP contribution >= 0.6 is 0 Å². The molecule has 23 heavy (non-hydrogen) atoms. The molecule has 1 aromatic rings. The molecule has 5 atom stereocenters. The third-order valence-corrected chi connectivity index (χ3v) is 3.92. The number of nitrogens with zero attached hydrogens (tertiary/aromatic N) is 3. The van der Waals surface area contributed by atoms with E-state index >= 15 is 0 Å². The van der Waals surface area contributed by atoms with E-state index in [1.807, 2.05) is 6.92 Å². The van der Waals surface area contributed by atoms with E-state index in [-0.39, 0.29) is 12.6 Å². The molecule has 0 bridgehead atoms. The second-order valence-corrected chi connectivity index (χ2v) is 5.27. The number of aliphatic hydroxyl groups is 2. The van der Waals surface area contributed by atoms with E-state index in [1.54, 1.807) is 4.57 Å². The Kier molecular flexibility index (Phi) is 4.50. The molecule has 2 aliphatic heterocycles. The number of ether oxygens (including phenoxy) is 3. The van der Waals surface area contributed by atoms with Crippen LogP contribution in [0.5, 0.6) is 0 Å². The number of methoxy groups -OCH3 is 1. The highest BCUT2D eigenvalue weighted by Gasteiger charge is 2.46. The molecular formula is C13H21N5O5. The lowest BCUT2D eigenvalue weighted by Gasteiger charge is -2.24. The Hall–Kier alpha value is -1.72. The molecule has 1 saturated heterocycles. The maximum atomic E-state index is 10.4. The first-order valence-electron chi connectivity index (χ1n) is 7.36. The topological polar surface area (TPSA) is 136 Å². The van der Waals surface area contributed by atoms with Crippen LogP contribution in [-0.2, 0) is 14.2 Å².